The minimum Gasteiger partial charge on any atom is -0.368 e. The van der Waals surface area contributed by atoms with E-state index in [9.17, 15) is 4.79 Å². The number of pyridine rings is 3. The molecule has 0 radical (unpaired) electrons. The average molecular weight is 524 g/mol. The Balaban J connectivity index is 1.32. The number of carbonyl (C=O) groups is 1. The summed E-state index contributed by atoms with van der Waals surface area (Å²) in [6.07, 6.45) is 7.48. The van der Waals surface area contributed by atoms with Crippen LogP contribution in [0.3, 0.4) is 0 Å². The van der Waals surface area contributed by atoms with Crippen molar-refractivity contribution in [3.05, 3.63) is 49.1 Å². The lowest BCUT2D eigenvalue weighted by Crippen LogP contribution is -2.44. The average Bonchev–Trinajstić information content (AvgIpc) is 3.52. The maximum atomic E-state index is 12.5. The predicted molar refractivity (Wildman–Crippen MR) is 155 cm³/mol. The van der Waals surface area contributed by atoms with Crippen LogP contribution in [0.4, 0.5) is 11.4 Å². The standard InChI is InChI=1S/C29H33N9O/c1-29(2,3)14-26(39)33-19-11-18(15-30-16-19)22-12-20-24(17-32-22)35-36-27(20)23-13-21-25(5-6-31-28(21)34-23)38-9-7-37(4)8-10-38/h5-6,11-13,15-17H,7-10,14H2,1-4H3,(H,31,34)(H,33,39)(H,35,36). The molecule has 3 N–H and O–H groups in total. The minimum atomic E-state index is -0.0945. The van der Waals surface area contributed by atoms with Crippen molar-refractivity contribution < 1.29 is 4.79 Å². The van der Waals surface area contributed by atoms with Crippen LogP contribution in [0.2, 0.25) is 0 Å². The van der Waals surface area contributed by atoms with Gasteiger partial charge >= 0.3 is 0 Å². The Morgan fingerprint density at radius 2 is 1.85 bits per heavy atom. The second kappa shape index (κ2) is 9.77. The van der Waals surface area contributed by atoms with Gasteiger partial charge in [-0.1, -0.05) is 20.8 Å². The molecule has 10 heteroatoms. The summed E-state index contributed by atoms with van der Waals surface area (Å²) in [6, 6.07) is 8.14. The first-order valence-corrected chi connectivity index (χ1v) is 13.2. The Morgan fingerprint density at radius 3 is 2.64 bits per heavy atom. The number of aromatic amines is 2. The summed E-state index contributed by atoms with van der Waals surface area (Å²) in [7, 11) is 2.16. The molecule has 10 nitrogen and oxygen atoms in total. The highest BCUT2D eigenvalue weighted by Gasteiger charge is 2.20. The molecule has 1 aliphatic rings. The van der Waals surface area contributed by atoms with Crippen molar-refractivity contribution in [2.24, 2.45) is 5.41 Å². The normalized spacial score (nSPS) is 14.8. The van der Waals surface area contributed by atoms with E-state index in [1.807, 2.05) is 39.1 Å². The molecular formula is C29H33N9O. The van der Waals surface area contributed by atoms with E-state index >= 15 is 0 Å². The van der Waals surface area contributed by atoms with E-state index in [1.165, 1.54) is 5.69 Å². The first-order valence-electron chi connectivity index (χ1n) is 13.2. The molecular weight excluding hydrogens is 490 g/mol. The van der Waals surface area contributed by atoms with E-state index in [4.69, 9.17) is 0 Å². The van der Waals surface area contributed by atoms with E-state index in [0.29, 0.717) is 12.1 Å². The van der Waals surface area contributed by atoms with Gasteiger partial charge in [-0.25, -0.2) is 4.98 Å². The highest BCUT2D eigenvalue weighted by molar-refractivity contribution is 5.99. The number of likely N-dealkylation sites (N-methyl/N-ethyl adjacent to an activating group) is 1. The van der Waals surface area contributed by atoms with E-state index < -0.39 is 0 Å². The topological polar surface area (TPSA) is 119 Å². The SMILES string of the molecule is CN1CCN(c2ccnc3[nH]c(-c4n[nH]c5cnc(-c6cncc(NC(=O)CC(C)(C)C)c6)cc45)cc23)CC1. The molecule has 0 atom stereocenters. The number of nitrogens with zero attached hydrogens (tertiary/aromatic N) is 6. The minimum absolute atomic E-state index is 0.0367. The second-order valence-electron chi connectivity index (χ2n) is 11.5. The number of carbonyl (C=O) groups excluding carboxylic acids is 1. The third kappa shape index (κ3) is 5.20. The number of anilines is 2. The Bertz CT molecular complexity index is 1650. The lowest BCUT2D eigenvalue weighted by molar-refractivity contribution is -0.117. The number of hydrogen-bond donors (Lipinski definition) is 3. The molecule has 0 saturated carbocycles. The molecule has 0 bridgehead atoms. The molecule has 1 amide bonds. The van der Waals surface area contributed by atoms with Gasteiger partial charge in [-0.15, -0.1) is 0 Å². The summed E-state index contributed by atoms with van der Waals surface area (Å²) < 4.78 is 0. The zero-order valence-electron chi connectivity index (χ0n) is 22.7. The van der Waals surface area contributed by atoms with Crippen molar-refractivity contribution in [3.63, 3.8) is 0 Å². The molecule has 0 spiro atoms. The second-order valence-corrected chi connectivity index (χ2v) is 11.5. The van der Waals surface area contributed by atoms with Gasteiger partial charge in [0.05, 0.1) is 35.0 Å². The van der Waals surface area contributed by atoms with E-state index in [-0.39, 0.29) is 11.3 Å². The number of aromatic nitrogens is 6. The van der Waals surface area contributed by atoms with E-state index in [1.54, 1.807) is 18.6 Å². The van der Waals surface area contributed by atoms with Crippen LogP contribution in [0.25, 0.3) is 44.6 Å². The molecule has 5 aromatic heterocycles. The first kappa shape index (κ1) is 25.0. The number of piperazine rings is 1. The largest absolute Gasteiger partial charge is 0.368 e. The molecule has 39 heavy (non-hydrogen) atoms. The van der Waals surface area contributed by atoms with Gasteiger partial charge < -0.3 is 20.1 Å². The van der Waals surface area contributed by atoms with Crippen molar-refractivity contribution in [1.29, 1.82) is 0 Å². The molecule has 1 fully saturated rings. The predicted octanol–water partition coefficient (Wildman–Crippen LogP) is 4.69. The zero-order chi connectivity index (χ0) is 27.1. The van der Waals surface area contributed by atoms with Crippen LogP contribution in [-0.4, -0.2) is 74.2 Å². The van der Waals surface area contributed by atoms with Gasteiger partial charge in [-0.05, 0) is 36.7 Å². The maximum absolute atomic E-state index is 12.5. The highest BCUT2D eigenvalue weighted by Crippen LogP contribution is 2.34. The van der Waals surface area contributed by atoms with Gasteiger partial charge in [-0.2, -0.15) is 5.10 Å². The van der Waals surface area contributed by atoms with Gasteiger partial charge in [0.15, 0.2) is 0 Å². The van der Waals surface area contributed by atoms with Crippen molar-refractivity contribution in [1.82, 2.24) is 35.0 Å². The smallest absolute Gasteiger partial charge is 0.224 e. The van der Waals surface area contributed by atoms with Crippen molar-refractivity contribution >= 4 is 39.2 Å². The Hall–Kier alpha value is -4.31. The van der Waals surface area contributed by atoms with Crippen LogP contribution in [-0.2, 0) is 4.79 Å². The maximum Gasteiger partial charge on any atom is 0.224 e. The van der Waals surface area contributed by atoms with Gasteiger partial charge in [0.1, 0.15) is 11.3 Å². The van der Waals surface area contributed by atoms with Crippen LogP contribution in [0.1, 0.15) is 27.2 Å². The summed E-state index contributed by atoms with van der Waals surface area (Å²) in [5.74, 6) is -0.0367. The molecule has 1 aliphatic heterocycles. The van der Waals surface area contributed by atoms with Gasteiger partial charge in [0.25, 0.3) is 0 Å². The lowest BCUT2D eigenvalue weighted by atomic mass is 9.92. The Morgan fingerprint density at radius 1 is 1.03 bits per heavy atom. The number of H-pyrrole nitrogens is 2. The fraction of sp³-hybridized carbons (Fsp3) is 0.345. The highest BCUT2D eigenvalue weighted by atomic mass is 16.1. The number of amides is 1. The fourth-order valence-corrected chi connectivity index (χ4v) is 5.08. The van der Waals surface area contributed by atoms with Crippen molar-refractivity contribution in [3.8, 4) is 22.6 Å². The summed E-state index contributed by atoms with van der Waals surface area (Å²) in [4.78, 5) is 34.3. The molecule has 6 heterocycles. The number of rotatable bonds is 5. The Labute approximate surface area is 226 Å². The summed E-state index contributed by atoms with van der Waals surface area (Å²) in [6.45, 7) is 10.2. The van der Waals surface area contributed by atoms with Gasteiger partial charge in [0.2, 0.25) is 5.91 Å². The molecule has 5 aromatic rings. The third-order valence-corrected chi connectivity index (χ3v) is 7.06. The fourth-order valence-electron chi connectivity index (χ4n) is 5.08. The zero-order valence-corrected chi connectivity index (χ0v) is 22.7. The van der Waals surface area contributed by atoms with Gasteiger partial charge in [0, 0.05) is 67.0 Å². The molecule has 200 valence electrons. The quantitative estimate of drug-likeness (QED) is 0.306. The van der Waals surface area contributed by atoms with Crippen LogP contribution >= 0.6 is 0 Å². The summed E-state index contributed by atoms with van der Waals surface area (Å²) in [5.41, 5.74) is 6.68. The number of fused-ring (bicyclic) bond motifs is 2. The van der Waals surface area contributed by atoms with Crippen molar-refractivity contribution in [2.45, 2.75) is 27.2 Å². The molecule has 0 unspecified atom stereocenters. The number of hydrogen-bond acceptors (Lipinski definition) is 7. The third-order valence-electron chi connectivity index (χ3n) is 7.06. The Kier molecular flexibility index (Phi) is 6.26. The number of nitrogens with one attached hydrogen (secondary N) is 3. The van der Waals surface area contributed by atoms with Crippen LogP contribution < -0.4 is 10.2 Å². The van der Waals surface area contributed by atoms with Crippen LogP contribution in [0.5, 0.6) is 0 Å². The van der Waals surface area contributed by atoms with Crippen LogP contribution in [0, 0.1) is 5.41 Å². The summed E-state index contributed by atoms with van der Waals surface area (Å²) in [5, 5.41) is 12.7. The molecule has 0 aromatic carbocycles. The summed E-state index contributed by atoms with van der Waals surface area (Å²) >= 11 is 0. The van der Waals surface area contributed by atoms with E-state index in [2.05, 4.69) is 64.4 Å². The van der Waals surface area contributed by atoms with Crippen LogP contribution in [0.15, 0.2) is 49.1 Å². The molecule has 6 rings (SSSR count). The first-order chi connectivity index (χ1) is 18.7. The lowest BCUT2D eigenvalue weighted by Gasteiger charge is -2.34. The molecule has 1 saturated heterocycles. The molecule has 0 aliphatic carbocycles. The van der Waals surface area contributed by atoms with E-state index in [0.717, 1.165) is 70.8 Å². The van der Waals surface area contributed by atoms with Gasteiger partial charge in [-0.3, -0.25) is 19.9 Å². The van der Waals surface area contributed by atoms with Crippen molar-refractivity contribution in [2.75, 3.05) is 43.4 Å². The monoisotopic (exact) mass is 523 g/mol.